The first-order valence-corrected chi connectivity index (χ1v) is 8.58. The SMILES string of the molecule is Oc1ccc(CN2CCOc3c(O)cc(-c4cccnc4)cc3C2)cc1. The molecule has 3 aromatic rings. The zero-order valence-electron chi connectivity index (χ0n) is 14.3. The van der Waals surface area contributed by atoms with Crippen molar-refractivity contribution in [3.63, 3.8) is 0 Å². The number of pyridine rings is 1. The second-order valence-electron chi connectivity index (χ2n) is 6.45. The number of hydrogen-bond donors (Lipinski definition) is 2. The van der Waals surface area contributed by atoms with E-state index in [1.54, 1.807) is 30.6 Å². The Balaban J connectivity index is 1.62. The predicted octanol–water partition coefficient (Wildman–Crippen LogP) is 3.55. The molecule has 2 heterocycles. The molecule has 132 valence electrons. The molecule has 1 aromatic heterocycles. The van der Waals surface area contributed by atoms with Crippen LogP contribution >= 0.6 is 0 Å². The molecule has 26 heavy (non-hydrogen) atoms. The molecule has 1 aliphatic rings. The topological polar surface area (TPSA) is 65.8 Å². The normalized spacial score (nSPS) is 14.3. The van der Waals surface area contributed by atoms with Gasteiger partial charge in [-0.1, -0.05) is 18.2 Å². The lowest BCUT2D eigenvalue weighted by molar-refractivity contribution is 0.217. The van der Waals surface area contributed by atoms with Crippen LogP contribution in [-0.4, -0.2) is 33.2 Å². The summed E-state index contributed by atoms with van der Waals surface area (Å²) < 4.78 is 5.81. The molecule has 0 bridgehead atoms. The van der Waals surface area contributed by atoms with Gasteiger partial charge in [-0.3, -0.25) is 9.88 Å². The molecule has 5 heteroatoms. The van der Waals surface area contributed by atoms with Crippen molar-refractivity contribution in [1.29, 1.82) is 0 Å². The van der Waals surface area contributed by atoms with Gasteiger partial charge in [-0.25, -0.2) is 0 Å². The number of ether oxygens (including phenoxy) is 1. The van der Waals surface area contributed by atoms with E-state index in [1.165, 1.54) is 0 Å². The van der Waals surface area contributed by atoms with Crippen LogP contribution < -0.4 is 4.74 Å². The van der Waals surface area contributed by atoms with E-state index in [2.05, 4.69) is 16.0 Å². The number of fused-ring (bicyclic) bond motifs is 1. The van der Waals surface area contributed by atoms with Crippen LogP contribution in [0.4, 0.5) is 0 Å². The third-order valence-electron chi connectivity index (χ3n) is 4.53. The summed E-state index contributed by atoms with van der Waals surface area (Å²) in [6.07, 6.45) is 3.52. The van der Waals surface area contributed by atoms with Gasteiger partial charge in [0.15, 0.2) is 11.5 Å². The first-order valence-electron chi connectivity index (χ1n) is 8.58. The highest BCUT2D eigenvalue weighted by Crippen LogP contribution is 2.37. The maximum absolute atomic E-state index is 10.4. The Hall–Kier alpha value is -3.05. The van der Waals surface area contributed by atoms with Crippen LogP contribution in [0.3, 0.4) is 0 Å². The minimum absolute atomic E-state index is 0.160. The molecule has 2 aromatic carbocycles. The van der Waals surface area contributed by atoms with Crippen molar-refractivity contribution in [2.45, 2.75) is 13.1 Å². The van der Waals surface area contributed by atoms with Gasteiger partial charge in [0.2, 0.25) is 0 Å². The summed E-state index contributed by atoms with van der Waals surface area (Å²) in [5, 5.41) is 19.9. The second kappa shape index (κ2) is 7.06. The van der Waals surface area contributed by atoms with Gasteiger partial charge in [0.1, 0.15) is 12.4 Å². The number of aromatic nitrogens is 1. The minimum atomic E-state index is 0.160. The lowest BCUT2D eigenvalue weighted by Gasteiger charge is -2.19. The van der Waals surface area contributed by atoms with Crippen molar-refractivity contribution in [1.82, 2.24) is 9.88 Å². The Kier molecular flexibility index (Phi) is 4.46. The van der Waals surface area contributed by atoms with Crippen molar-refractivity contribution in [3.05, 3.63) is 72.1 Å². The van der Waals surface area contributed by atoms with Crippen LogP contribution in [0.25, 0.3) is 11.1 Å². The van der Waals surface area contributed by atoms with E-state index < -0.39 is 0 Å². The molecular weight excluding hydrogens is 328 g/mol. The number of benzene rings is 2. The summed E-state index contributed by atoms with van der Waals surface area (Å²) in [6.45, 7) is 2.71. The van der Waals surface area contributed by atoms with Crippen molar-refractivity contribution >= 4 is 0 Å². The maximum atomic E-state index is 10.4. The summed E-state index contributed by atoms with van der Waals surface area (Å²) in [5.41, 5.74) is 3.96. The Labute approximate surface area is 152 Å². The zero-order valence-corrected chi connectivity index (χ0v) is 14.3. The Morgan fingerprint density at radius 1 is 1.04 bits per heavy atom. The van der Waals surface area contributed by atoms with E-state index in [1.807, 2.05) is 24.3 Å². The van der Waals surface area contributed by atoms with E-state index in [0.29, 0.717) is 18.9 Å². The van der Waals surface area contributed by atoms with Crippen LogP contribution in [0.5, 0.6) is 17.2 Å². The third kappa shape index (κ3) is 3.48. The van der Waals surface area contributed by atoms with E-state index in [9.17, 15) is 10.2 Å². The summed E-state index contributed by atoms with van der Waals surface area (Å²) in [5.74, 6) is 0.989. The van der Waals surface area contributed by atoms with Crippen LogP contribution in [0.1, 0.15) is 11.1 Å². The van der Waals surface area contributed by atoms with Gasteiger partial charge in [0.05, 0.1) is 0 Å². The smallest absolute Gasteiger partial charge is 0.165 e. The molecule has 0 unspecified atom stereocenters. The highest BCUT2D eigenvalue weighted by atomic mass is 16.5. The molecular formula is C21H20N2O3. The molecule has 4 rings (SSSR count). The van der Waals surface area contributed by atoms with Crippen molar-refractivity contribution in [3.8, 4) is 28.4 Å². The fourth-order valence-electron chi connectivity index (χ4n) is 3.25. The molecule has 0 atom stereocenters. The van der Waals surface area contributed by atoms with Crippen LogP contribution in [0, 0.1) is 0 Å². The lowest BCUT2D eigenvalue weighted by atomic mass is 10.0. The quantitative estimate of drug-likeness (QED) is 0.758. The van der Waals surface area contributed by atoms with Crippen molar-refractivity contribution in [2.75, 3.05) is 13.2 Å². The van der Waals surface area contributed by atoms with Gasteiger partial charge in [-0.05, 0) is 41.5 Å². The first kappa shape index (κ1) is 16.4. The number of rotatable bonds is 3. The number of aromatic hydroxyl groups is 2. The lowest BCUT2D eigenvalue weighted by Crippen LogP contribution is -2.25. The zero-order chi connectivity index (χ0) is 17.9. The summed E-state index contributed by atoms with van der Waals surface area (Å²) >= 11 is 0. The van der Waals surface area contributed by atoms with Crippen LogP contribution in [0.2, 0.25) is 0 Å². The molecule has 0 aliphatic carbocycles. The fourth-order valence-corrected chi connectivity index (χ4v) is 3.25. The molecule has 0 spiro atoms. The molecule has 2 N–H and O–H groups in total. The van der Waals surface area contributed by atoms with Crippen LogP contribution in [0.15, 0.2) is 60.9 Å². The fraction of sp³-hybridized carbons (Fsp3) is 0.190. The van der Waals surface area contributed by atoms with Gasteiger partial charge < -0.3 is 14.9 Å². The Morgan fingerprint density at radius 2 is 1.88 bits per heavy atom. The standard InChI is InChI=1S/C21H20N2O3/c24-19-5-3-15(4-6-19)13-23-8-9-26-21-18(14-23)10-17(11-20(21)25)16-2-1-7-22-12-16/h1-7,10-12,24-25H,8-9,13-14H2. The first-order chi connectivity index (χ1) is 12.7. The summed E-state index contributed by atoms with van der Waals surface area (Å²) in [4.78, 5) is 6.42. The molecule has 0 saturated carbocycles. The van der Waals surface area contributed by atoms with E-state index in [0.717, 1.165) is 35.3 Å². The van der Waals surface area contributed by atoms with Gasteiger partial charge >= 0.3 is 0 Å². The molecule has 0 saturated heterocycles. The Morgan fingerprint density at radius 3 is 2.65 bits per heavy atom. The third-order valence-corrected chi connectivity index (χ3v) is 4.53. The maximum Gasteiger partial charge on any atom is 0.165 e. The second-order valence-corrected chi connectivity index (χ2v) is 6.45. The number of phenolic OH excluding ortho intramolecular Hbond substituents is 2. The van der Waals surface area contributed by atoms with E-state index >= 15 is 0 Å². The summed E-state index contributed by atoms with van der Waals surface area (Å²) in [7, 11) is 0. The van der Waals surface area contributed by atoms with E-state index in [4.69, 9.17) is 4.74 Å². The predicted molar refractivity (Wildman–Crippen MR) is 99.1 cm³/mol. The molecule has 0 radical (unpaired) electrons. The highest BCUT2D eigenvalue weighted by molar-refractivity contribution is 5.68. The van der Waals surface area contributed by atoms with E-state index in [-0.39, 0.29) is 11.5 Å². The van der Waals surface area contributed by atoms with Crippen molar-refractivity contribution in [2.24, 2.45) is 0 Å². The van der Waals surface area contributed by atoms with Gasteiger partial charge in [-0.2, -0.15) is 0 Å². The largest absolute Gasteiger partial charge is 0.508 e. The van der Waals surface area contributed by atoms with Gasteiger partial charge in [0.25, 0.3) is 0 Å². The molecule has 1 aliphatic heterocycles. The monoisotopic (exact) mass is 348 g/mol. The summed E-state index contributed by atoms with van der Waals surface area (Å²) in [6, 6.07) is 14.9. The average molecular weight is 348 g/mol. The molecule has 0 amide bonds. The minimum Gasteiger partial charge on any atom is -0.508 e. The highest BCUT2D eigenvalue weighted by Gasteiger charge is 2.20. The average Bonchev–Trinajstić information content (AvgIpc) is 2.86. The van der Waals surface area contributed by atoms with Gasteiger partial charge in [0, 0.05) is 43.2 Å². The molecule has 0 fully saturated rings. The van der Waals surface area contributed by atoms with Crippen molar-refractivity contribution < 1.29 is 14.9 Å². The Bertz CT molecular complexity index is 895. The molecule has 5 nitrogen and oxygen atoms in total. The number of nitrogens with zero attached hydrogens (tertiary/aromatic N) is 2. The van der Waals surface area contributed by atoms with Gasteiger partial charge in [-0.15, -0.1) is 0 Å². The number of hydrogen-bond acceptors (Lipinski definition) is 5. The van der Waals surface area contributed by atoms with Crippen LogP contribution in [-0.2, 0) is 13.1 Å². The number of phenols is 2.